The molecule has 0 radical (unpaired) electrons. The lowest BCUT2D eigenvalue weighted by atomic mass is 10.1. The molecular formula is C14H16FN3OS. The predicted molar refractivity (Wildman–Crippen MR) is 77.5 cm³/mol. The van der Waals surface area contributed by atoms with Gasteiger partial charge in [-0.05, 0) is 49.7 Å². The van der Waals surface area contributed by atoms with E-state index < -0.39 is 0 Å². The van der Waals surface area contributed by atoms with Crippen molar-refractivity contribution in [3.8, 4) is 0 Å². The largest absolute Gasteiger partial charge is 0.328 e. The second kappa shape index (κ2) is 6.19. The van der Waals surface area contributed by atoms with E-state index in [1.165, 1.54) is 12.1 Å². The number of hydrogen-bond donors (Lipinski definition) is 2. The minimum atomic E-state index is -0.336. The number of nitrogens with zero attached hydrogens (tertiary/aromatic N) is 1. The summed E-state index contributed by atoms with van der Waals surface area (Å²) in [6.07, 6.45) is 0.626. The summed E-state index contributed by atoms with van der Waals surface area (Å²) in [7, 11) is 0. The number of aromatic amines is 1. The molecule has 1 heterocycles. The number of nitrogens with two attached hydrogens (primary N) is 1. The molecule has 20 heavy (non-hydrogen) atoms. The van der Waals surface area contributed by atoms with Crippen LogP contribution in [0.15, 0.2) is 39.1 Å². The second-order valence-corrected chi connectivity index (χ2v) is 5.77. The van der Waals surface area contributed by atoms with Crippen molar-refractivity contribution in [3.63, 3.8) is 0 Å². The normalized spacial score (nSPS) is 12.4. The van der Waals surface area contributed by atoms with Gasteiger partial charge in [-0.15, -0.1) is 0 Å². The minimum absolute atomic E-state index is 0.0114. The molecule has 2 rings (SSSR count). The minimum Gasteiger partial charge on any atom is -0.328 e. The maximum Gasteiger partial charge on any atom is 0.251 e. The van der Waals surface area contributed by atoms with Crippen molar-refractivity contribution >= 4 is 11.8 Å². The number of rotatable bonds is 4. The van der Waals surface area contributed by atoms with E-state index in [1.54, 1.807) is 13.0 Å². The van der Waals surface area contributed by atoms with Gasteiger partial charge in [0.05, 0.1) is 4.90 Å². The van der Waals surface area contributed by atoms with Crippen molar-refractivity contribution < 1.29 is 4.39 Å². The Kier molecular flexibility index (Phi) is 4.57. The number of benzene rings is 1. The maximum absolute atomic E-state index is 14.0. The molecule has 106 valence electrons. The molecule has 0 saturated carbocycles. The standard InChI is InChI=1S/C14H16FN3OS/c1-8(16)5-10-3-4-12(11(15)7-10)20-14-17-9(2)6-13(19)18-14/h3-4,6-8H,5,16H2,1-2H3,(H,17,18,19). The summed E-state index contributed by atoms with van der Waals surface area (Å²) in [6.45, 7) is 3.60. The molecule has 4 nitrogen and oxygen atoms in total. The van der Waals surface area contributed by atoms with Crippen LogP contribution in [-0.4, -0.2) is 16.0 Å². The van der Waals surface area contributed by atoms with Gasteiger partial charge in [0.15, 0.2) is 5.16 Å². The van der Waals surface area contributed by atoms with Gasteiger partial charge in [0.25, 0.3) is 5.56 Å². The molecule has 0 fully saturated rings. The highest BCUT2D eigenvalue weighted by molar-refractivity contribution is 7.99. The Balaban J connectivity index is 2.23. The van der Waals surface area contributed by atoms with Crippen LogP contribution >= 0.6 is 11.8 Å². The van der Waals surface area contributed by atoms with Gasteiger partial charge in [-0.1, -0.05) is 6.07 Å². The van der Waals surface area contributed by atoms with Gasteiger partial charge < -0.3 is 10.7 Å². The van der Waals surface area contributed by atoms with E-state index >= 15 is 0 Å². The molecule has 1 aromatic carbocycles. The summed E-state index contributed by atoms with van der Waals surface area (Å²) in [5.74, 6) is -0.336. The van der Waals surface area contributed by atoms with Crippen LogP contribution in [0.5, 0.6) is 0 Å². The second-order valence-electron chi connectivity index (χ2n) is 4.74. The molecule has 1 aromatic heterocycles. The van der Waals surface area contributed by atoms with E-state index in [4.69, 9.17) is 5.73 Å². The molecule has 0 aliphatic rings. The quantitative estimate of drug-likeness (QED) is 0.848. The van der Waals surface area contributed by atoms with Gasteiger partial charge in [-0.25, -0.2) is 9.37 Å². The van der Waals surface area contributed by atoms with E-state index in [9.17, 15) is 9.18 Å². The Morgan fingerprint density at radius 3 is 2.80 bits per heavy atom. The van der Waals surface area contributed by atoms with E-state index in [2.05, 4.69) is 9.97 Å². The predicted octanol–water partition coefficient (Wildman–Crippen LogP) is 2.26. The Labute approximate surface area is 120 Å². The topological polar surface area (TPSA) is 71.8 Å². The number of aryl methyl sites for hydroxylation is 1. The summed E-state index contributed by atoms with van der Waals surface area (Å²) < 4.78 is 14.0. The summed E-state index contributed by atoms with van der Waals surface area (Å²) in [4.78, 5) is 18.5. The first-order valence-electron chi connectivity index (χ1n) is 6.24. The maximum atomic E-state index is 14.0. The van der Waals surface area contributed by atoms with Crippen LogP contribution in [0.3, 0.4) is 0 Å². The molecule has 0 spiro atoms. The molecular weight excluding hydrogens is 277 g/mol. The van der Waals surface area contributed by atoms with E-state index in [-0.39, 0.29) is 17.4 Å². The molecule has 0 saturated heterocycles. The molecule has 0 bridgehead atoms. The SMILES string of the molecule is Cc1cc(=O)[nH]c(Sc2ccc(CC(C)N)cc2F)n1. The lowest BCUT2D eigenvalue weighted by Crippen LogP contribution is -2.17. The highest BCUT2D eigenvalue weighted by atomic mass is 32.2. The number of halogens is 1. The van der Waals surface area contributed by atoms with Crippen molar-refractivity contribution in [1.29, 1.82) is 0 Å². The zero-order chi connectivity index (χ0) is 14.7. The highest BCUT2D eigenvalue weighted by Crippen LogP contribution is 2.27. The molecule has 3 N–H and O–H groups in total. The van der Waals surface area contributed by atoms with Gasteiger partial charge in [-0.2, -0.15) is 0 Å². The van der Waals surface area contributed by atoms with Crippen molar-refractivity contribution in [2.45, 2.75) is 36.4 Å². The summed E-state index contributed by atoms with van der Waals surface area (Å²) in [5, 5.41) is 0.383. The fraction of sp³-hybridized carbons (Fsp3) is 0.286. The van der Waals surface area contributed by atoms with Crippen molar-refractivity contribution in [2.24, 2.45) is 5.73 Å². The van der Waals surface area contributed by atoms with Crippen molar-refractivity contribution in [1.82, 2.24) is 9.97 Å². The average molecular weight is 293 g/mol. The fourth-order valence-electron chi connectivity index (χ4n) is 1.83. The zero-order valence-corrected chi connectivity index (χ0v) is 12.1. The van der Waals surface area contributed by atoms with Gasteiger partial charge >= 0.3 is 0 Å². The summed E-state index contributed by atoms with van der Waals surface area (Å²) >= 11 is 1.10. The van der Waals surface area contributed by atoms with Crippen LogP contribution in [0.1, 0.15) is 18.2 Å². The number of aromatic nitrogens is 2. The molecule has 1 unspecified atom stereocenters. The smallest absolute Gasteiger partial charge is 0.251 e. The van der Waals surface area contributed by atoms with Crippen molar-refractivity contribution in [3.05, 3.63) is 51.7 Å². The number of H-pyrrole nitrogens is 1. The molecule has 0 amide bonds. The van der Waals surface area contributed by atoms with E-state index in [0.29, 0.717) is 22.2 Å². The summed E-state index contributed by atoms with van der Waals surface area (Å²) in [5.41, 5.74) is 6.91. The molecule has 1 atom stereocenters. The first-order valence-corrected chi connectivity index (χ1v) is 7.05. The van der Waals surface area contributed by atoms with Crippen LogP contribution in [0.25, 0.3) is 0 Å². The lowest BCUT2D eigenvalue weighted by Gasteiger charge is -2.08. The van der Waals surface area contributed by atoms with Gasteiger partial charge in [0, 0.05) is 17.8 Å². The molecule has 0 aliphatic heterocycles. The highest BCUT2D eigenvalue weighted by Gasteiger charge is 2.08. The Morgan fingerprint density at radius 2 is 2.20 bits per heavy atom. The van der Waals surface area contributed by atoms with E-state index in [1.807, 2.05) is 13.0 Å². The third-order valence-corrected chi connectivity index (χ3v) is 3.55. The van der Waals surface area contributed by atoms with Gasteiger partial charge in [0.1, 0.15) is 5.82 Å². The molecule has 2 aromatic rings. The lowest BCUT2D eigenvalue weighted by molar-refractivity contribution is 0.597. The molecule has 6 heteroatoms. The molecule has 0 aliphatic carbocycles. The Bertz CT molecular complexity index is 670. The van der Waals surface area contributed by atoms with Crippen LogP contribution < -0.4 is 11.3 Å². The van der Waals surface area contributed by atoms with Crippen LogP contribution in [-0.2, 0) is 6.42 Å². The van der Waals surface area contributed by atoms with Crippen LogP contribution in [0.2, 0.25) is 0 Å². The van der Waals surface area contributed by atoms with E-state index in [0.717, 1.165) is 17.3 Å². The zero-order valence-electron chi connectivity index (χ0n) is 11.3. The monoisotopic (exact) mass is 293 g/mol. The summed E-state index contributed by atoms with van der Waals surface area (Å²) in [6, 6.07) is 6.37. The first kappa shape index (κ1) is 14.7. The Morgan fingerprint density at radius 1 is 1.45 bits per heavy atom. The van der Waals surface area contributed by atoms with Gasteiger partial charge in [-0.3, -0.25) is 4.79 Å². The van der Waals surface area contributed by atoms with Crippen molar-refractivity contribution in [2.75, 3.05) is 0 Å². The third-order valence-electron chi connectivity index (χ3n) is 2.61. The Hall–Kier alpha value is -1.66. The van der Waals surface area contributed by atoms with Crippen LogP contribution in [0.4, 0.5) is 4.39 Å². The van der Waals surface area contributed by atoms with Crippen LogP contribution in [0, 0.1) is 12.7 Å². The first-order chi connectivity index (χ1) is 9.44. The third kappa shape index (κ3) is 3.91. The van der Waals surface area contributed by atoms with Gasteiger partial charge in [0.2, 0.25) is 0 Å². The average Bonchev–Trinajstić information content (AvgIpc) is 2.30. The fourth-order valence-corrected chi connectivity index (χ4v) is 2.67. The number of hydrogen-bond acceptors (Lipinski definition) is 4. The number of nitrogens with one attached hydrogen (secondary N) is 1.